The highest BCUT2D eigenvalue weighted by atomic mass is 16.6. The van der Waals surface area contributed by atoms with Crippen LogP contribution in [0.1, 0.15) is 22.5 Å². The molecule has 122 valence electrons. The monoisotopic (exact) mass is 316 g/mol. The molecule has 0 aromatic carbocycles. The van der Waals surface area contributed by atoms with Gasteiger partial charge in [-0.3, -0.25) is 15.3 Å². The number of methoxy groups -OCH3 is 2. The third-order valence-electron chi connectivity index (χ3n) is 3.07. The molecule has 0 aliphatic carbocycles. The third-order valence-corrected chi connectivity index (χ3v) is 3.07. The fourth-order valence-corrected chi connectivity index (χ4v) is 2.10. The van der Waals surface area contributed by atoms with E-state index in [9.17, 15) is 0 Å². The lowest BCUT2D eigenvalue weighted by Crippen LogP contribution is -2.15. The Balaban J connectivity index is 2.03. The van der Waals surface area contributed by atoms with Gasteiger partial charge in [0.15, 0.2) is 0 Å². The summed E-state index contributed by atoms with van der Waals surface area (Å²) in [4.78, 5) is 17.9. The minimum Gasteiger partial charge on any atom is -0.481 e. The Hall–Kier alpha value is -2.67. The molecule has 2 aromatic heterocycles. The van der Waals surface area contributed by atoms with Gasteiger partial charge in [0.05, 0.1) is 25.6 Å². The van der Waals surface area contributed by atoms with E-state index in [4.69, 9.17) is 14.3 Å². The lowest BCUT2D eigenvalue weighted by Gasteiger charge is -2.13. The van der Waals surface area contributed by atoms with Crippen LogP contribution in [0.2, 0.25) is 0 Å². The van der Waals surface area contributed by atoms with Gasteiger partial charge in [0, 0.05) is 5.69 Å². The zero-order valence-corrected chi connectivity index (χ0v) is 13.7. The van der Waals surface area contributed by atoms with Crippen molar-refractivity contribution in [3.63, 3.8) is 0 Å². The number of pyridine rings is 1. The molecule has 0 fully saturated rings. The highest BCUT2D eigenvalue weighted by molar-refractivity contribution is 5.58. The molecule has 0 amide bonds. The second kappa shape index (κ2) is 7.55. The topological polar surface area (TPSA) is 78.4 Å². The van der Waals surface area contributed by atoms with E-state index >= 15 is 0 Å². The van der Waals surface area contributed by atoms with Crippen molar-refractivity contribution in [1.29, 1.82) is 0 Å². The van der Waals surface area contributed by atoms with E-state index in [1.165, 1.54) is 20.5 Å². The molecule has 0 aliphatic rings. The maximum atomic E-state index is 5.47. The molecule has 7 nitrogen and oxygen atoms in total. The highest BCUT2D eigenvalue weighted by Crippen LogP contribution is 2.24. The zero-order chi connectivity index (χ0) is 16.8. The van der Waals surface area contributed by atoms with Gasteiger partial charge in [0.25, 0.3) is 0 Å². The number of nitrogens with one attached hydrogen (secondary N) is 1. The minimum atomic E-state index is 0.150. The van der Waals surface area contributed by atoms with Crippen molar-refractivity contribution < 1.29 is 14.3 Å². The quantitative estimate of drug-likeness (QED) is 0.784. The van der Waals surface area contributed by atoms with Crippen LogP contribution in [-0.4, -0.2) is 29.2 Å². The molecule has 1 N–H and O–H groups in total. The van der Waals surface area contributed by atoms with Gasteiger partial charge in [0.2, 0.25) is 11.8 Å². The highest BCUT2D eigenvalue weighted by Gasteiger charge is 2.13. The fraction of sp³-hybridized carbons (Fsp3) is 0.312. The summed E-state index contributed by atoms with van der Waals surface area (Å²) in [6.45, 7) is 8.02. The predicted octanol–water partition coefficient (Wildman–Crippen LogP) is 2.20. The standard InChI is InChI=1S/C16H20N4O3/c1-10-6-11(2)19-14(7-10)12(3)20-23-8-13-15(21-4)17-9-18-16(13)22-5/h6-7,9,20H,3,8H2,1-2,4-5H3. The van der Waals surface area contributed by atoms with E-state index in [0.29, 0.717) is 23.0 Å². The van der Waals surface area contributed by atoms with E-state index in [2.05, 4.69) is 27.0 Å². The van der Waals surface area contributed by atoms with Gasteiger partial charge in [-0.05, 0) is 31.5 Å². The Morgan fingerprint density at radius 1 is 1.13 bits per heavy atom. The van der Waals surface area contributed by atoms with E-state index < -0.39 is 0 Å². The molecular formula is C16H20N4O3. The molecule has 0 atom stereocenters. The van der Waals surface area contributed by atoms with Crippen LogP contribution in [-0.2, 0) is 11.4 Å². The van der Waals surface area contributed by atoms with Crippen LogP contribution in [0, 0.1) is 13.8 Å². The van der Waals surface area contributed by atoms with Crippen molar-refractivity contribution in [1.82, 2.24) is 20.4 Å². The van der Waals surface area contributed by atoms with Gasteiger partial charge in [-0.2, -0.15) is 0 Å². The first kappa shape index (κ1) is 16.7. The summed E-state index contributed by atoms with van der Waals surface area (Å²) in [5.41, 5.74) is 6.70. The largest absolute Gasteiger partial charge is 0.481 e. The Kier molecular flexibility index (Phi) is 5.48. The van der Waals surface area contributed by atoms with Crippen LogP contribution in [0.15, 0.2) is 25.0 Å². The Morgan fingerprint density at radius 3 is 2.35 bits per heavy atom. The average molecular weight is 316 g/mol. The molecule has 0 saturated carbocycles. The lowest BCUT2D eigenvalue weighted by molar-refractivity contribution is 0.0611. The SMILES string of the molecule is C=C(NOCc1c(OC)ncnc1OC)c1cc(C)cc(C)n1. The Labute approximate surface area is 135 Å². The fourth-order valence-electron chi connectivity index (χ4n) is 2.10. The lowest BCUT2D eigenvalue weighted by atomic mass is 10.2. The summed E-state index contributed by atoms with van der Waals surface area (Å²) < 4.78 is 10.4. The van der Waals surface area contributed by atoms with Crippen molar-refractivity contribution >= 4 is 5.70 Å². The second-order valence-corrected chi connectivity index (χ2v) is 4.91. The number of hydrogen-bond acceptors (Lipinski definition) is 7. The number of hydrogen-bond donors (Lipinski definition) is 1. The number of nitrogens with zero attached hydrogens (tertiary/aromatic N) is 3. The smallest absolute Gasteiger partial charge is 0.225 e. The number of hydroxylamine groups is 1. The van der Waals surface area contributed by atoms with Crippen LogP contribution in [0.4, 0.5) is 0 Å². The second-order valence-electron chi connectivity index (χ2n) is 4.91. The first-order valence-electron chi connectivity index (χ1n) is 6.99. The normalized spacial score (nSPS) is 10.3. The van der Waals surface area contributed by atoms with E-state index in [-0.39, 0.29) is 6.61 Å². The number of aromatic nitrogens is 3. The molecule has 0 unspecified atom stereocenters. The zero-order valence-electron chi connectivity index (χ0n) is 13.7. The molecule has 2 aromatic rings. The first-order chi connectivity index (χ1) is 11.0. The summed E-state index contributed by atoms with van der Waals surface area (Å²) in [7, 11) is 3.05. The van der Waals surface area contributed by atoms with Gasteiger partial charge in [-0.1, -0.05) is 6.58 Å². The van der Waals surface area contributed by atoms with E-state index in [1.54, 1.807) is 0 Å². The number of aryl methyl sites for hydroxylation is 2. The Bertz CT molecular complexity index is 661. The first-order valence-corrected chi connectivity index (χ1v) is 6.99. The van der Waals surface area contributed by atoms with Gasteiger partial charge >= 0.3 is 0 Å². The Morgan fingerprint density at radius 2 is 1.78 bits per heavy atom. The van der Waals surface area contributed by atoms with Crippen molar-refractivity contribution in [3.05, 3.63) is 47.6 Å². The summed E-state index contributed by atoms with van der Waals surface area (Å²) in [5, 5.41) is 0. The van der Waals surface area contributed by atoms with Gasteiger partial charge in [0.1, 0.15) is 18.5 Å². The minimum absolute atomic E-state index is 0.150. The molecule has 23 heavy (non-hydrogen) atoms. The number of rotatable bonds is 7. The van der Waals surface area contributed by atoms with Crippen molar-refractivity contribution in [2.45, 2.75) is 20.5 Å². The predicted molar refractivity (Wildman–Crippen MR) is 85.8 cm³/mol. The molecule has 0 bridgehead atoms. The maximum Gasteiger partial charge on any atom is 0.225 e. The molecule has 2 rings (SSSR count). The van der Waals surface area contributed by atoms with Crippen molar-refractivity contribution in [2.75, 3.05) is 14.2 Å². The molecule has 0 radical (unpaired) electrons. The van der Waals surface area contributed by atoms with Crippen LogP contribution in [0.5, 0.6) is 11.8 Å². The average Bonchev–Trinajstić information content (AvgIpc) is 2.53. The van der Waals surface area contributed by atoms with Gasteiger partial charge in [-0.25, -0.2) is 9.97 Å². The van der Waals surface area contributed by atoms with E-state index in [0.717, 1.165) is 17.0 Å². The van der Waals surface area contributed by atoms with Crippen molar-refractivity contribution in [2.24, 2.45) is 0 Å². The van der Waals surface area contributed by atoms with E-state index in [1.807, 2.05) is 26.0 Å². The molecule has 0 spiro atoms. The maximum absolute atomic E-state index is 5.47. The summed E-state index contributed by atoms with van der Waals surface area (Å²) in [5.74, 6) is 0.794. The number of ether oxygens (including phenoxy) is 2. The van der Waals surface area contributed by atoms with Crippen LogP contribution in [0.3, 0.4) is 0 Å². The van der Waals surface area contributed by atoms with Crippen LogP contribution >= 0.6 is 0 Å². The van der Waals surface area contributed by atoms with Gasteiger partial charge in [-0.15, -0.1) is 0 Å². The molecule has 2 heterocycles. The van der Waals surface area contributed by atoms with Crippen LogP contribution < -0.4 is 15.0 Å². The summed E-state index contributed by atoms with van der Waals surface area (Å²) in [6.07, 6.45) is 1.37. The third kappa shape index (κ3) is 4.17. The summed E-state index contributed by atoms with van der Waals surface area (Å²) in [6, 6.07) is 3.92. The molecule has 0 saturated heterocycles. The van der Waals surface area contributed by atoms with Crippen LogP contribution in [0.25, 0.3) is 5.70 Å². The van der Waals surface area contributed by atoms with Crippen molar-refractivity contribution in [3.8, 4) is 11.8 Å². The molecule has 7 heteroatoms. The summed E-state index contributed by atoms with van der Waals surface area (Å²) >= 11 is 0. The molecular weight excluding hydrogens is 296 g/mol. The molecule has 0 aliphatic heterocycles. The van der Waals surface area contributed by atoms with Gasteiger partial charge < -0.3 is 9.47 Å².